The molecule has 1 aliphatic carbocycles. The van der Waals surface area contributed by atoms with Gasteiger partial charge in [-0.25, -0.2) is 0 Å². The lowest BCUT2D eigenvalue weighted by Gasteiger charge is -2.11. The molecule has 5 rings (SSSR count). The van der Waals surface area contributed by atoms with Gasteiger partial charge in [0.2, 0.25) is 0 Å². The van der Waals surface area contributed by atoms with E-state index in [1.165, 1.54) is 33.3 Å². The van der Waals surface area contributed by atoms with E-state index in [-0.39, 0.29) is 17.2 Å². The number of aromatic nitrogens is 2. The largest absolute Gasteiger partial charge is 0.320 e. The van der Waals surface area contributed by atoms with Gasteiger partial charge in [0.25, 0.3) is 11.5 Å². The van der Waals surface area contributed by atoms with Crippen LogP contribution in [-0.2, 0) is 12.8 Å². The van der Waals surface area contributed by atoms with E-state index in [1.807, 2.05) is 36.4 Å². The number of nitrogens with one attached hydrogen (secondary N) is 1. The van der Waals surface area contributed by atoms with Gasteiger partial charge in [-0.05, 0) is 53.6 Å². The average Bonchev–Trinajstić information content (AvgIpc) is 3.16. The third-order valence-electron chi connectivity index (χ3n) is 5.16. The van der Waals surface area contributed by atoms with Crippen LogP contribution in [-0.4, -0.2) is 15.7 Å². The monoisotopic (exact) mass is 367 g/mol. The minimum absolute atomic E-state index is 0.187. The van der Waals surface area contributed by atoms with E-state index in [0.29, 0.717) is 5.69 Å². The minimum Gasteiger partial charge on any atom is -0.320 e. The van der Waals surface area contributed by atoms with Crippen molar-refractivity contribution in [1.29, 1.82) is 0 Å². The van der Waals surface area contributed by atoms with Crippen LogP contribution in [0.2, 0.25) is 0 Å². The summed E-state index contributed by atoms with van der Waals surface area (Å²) >= 11 is 0. The highest BCUT2D eigenvalue weighted by Crippen LogP contribution is 2.35. The first-order valence-corrected chi connectivity index (χ1v) is 9.21. The SMILES string of the molecule is O=C(Nc1ccc2c3c(cccc13)CC2)c1ccc(=O)n(-c2ccccc2)n1. The second-order valence-electron chi connectivity index (χ2n) is 6.87. The topological polar surface area (TPSA) is 64.0 Å². The van der Waals surface area contributed by atoms with Gasteiger partial charge in [0, 0.05) is 17.1 Å². The van der Waals surface area contributed by atoms with E-state index in [2.05, 4.69) is 22.5 Å². The predicted octanol–water partition coefficient (Wildman–Crippen LogP) is 3.74. The number of benzene rings is 3. The maximum atomic E-state index is 12.8. The minimum atomic E-state index is -0.344. The Morgan fingerprint density at radius 3 is 2.46 bits per heavy atom. The summed E-state index contributed by atoms with van der Waals surface area (Å²) in [7, 11) is 0. The molecule has 0 saturated heterocycles. The molecule has 3 aromatic carbocycles. The molecule has 0 radical (unpaired) electrons. The Morgan fingerprint density at radius 2 is 1.64 bits per heavy atom. The third-order valence-corrected chi connectivity index (χ3v) is 5.16. The fourth-order valence-corrected chi connectivity index (χ4v) is 3.83. The lowest BCUT2D eigenvalue weighted by atomic mass is 10.0. The van der Waals surface area contributed by atoms with Crippen molar-refractivity contribution in [1.82, 2.24) is 9.78 Å². The van der Waals surface area contributed by atoms with Gasteiger partial charge in [-0.2, -0.15) is 9.78 Å². The quantitative estimate of drug-likeness (QED) is 0.600. The van der Waals surface area contributed by atoms with Crippen molar-refractivity contribution in [2.24, 2.45) is 0 Å². The van der Waals surface area contributed by atoms with Crippen molar-refractivity contribution in [3.8, 4) is 5.69 Å². The van der Waals surface area contributed by atoms with E-state index in [9.17, 15) is 9.59 Å². The molecule has 1 aliphatic rings. The Bertz CT molecular complexity index is 1270. The van der Waals surface area contributed by atoms with Crippen molar-refractivity contribution in [2.45, 2.75) is 12.8 Å². The second-order valence-corrected chi connectivity index (χ2v) is 6.87. The summed E-state index contributed by atoms with van der Waals surface area (Å²) in [6.45, 7) is 0. The molecule has 0 fully saturated rings. The molecule has 1 N–H and O–H groups in total. The Hall–Kier alpha value is -3.73. The first-order valence-electron chi connectivity index (χ1n) is 9.21. The zero-order chi connectivity index (χ0) is 19.1. The van der Waals surface area contributed by atoms with Gasteiger partial charge in [0.05, 0.1) is 5.69 Å². The van der Waals surface area contributed by atoms with Crippen LogP contribution in [0.15, 0.2) is 77.6 Å². The van der Waals surface area contributed by atoms with Gasteiger partial charge < -0.3 is 5.32 Å². The van der Waals surface area contributed by atoms with Gasteiger partial charge >= 0.3 is 0 Å². The molecule has 0 aliphatic heterocycles. The number of para-hydroxylation sites is 1. The zero-order valence-electron chi connectivity index (χ0n) is 15.1. The van der Waals surface area contributed by atoms with Crippen molar-refractivity contribution in [3.63, 3.8) is 0 Å². The van der Waals surface area contributed by atoms with E-state index in [0.717, 1.165) is 23.9 Å². The van der Waals surface area contributed by atoms with Crippen molar-refractivity contribution < 1.29 is 4.79 Å². The van der Waals surface area contributed by atoms with Gasteiger partial charge in [0.1, 0.15) is 5.69 Å². The molecule has 1 aromatic heterocycles. The molecule has 0 saturated carbocycles. The summed E-state index contributed by atoms with van der Waals surface area (Å²) in [5.74, 6) is -0.344. The van der Waals surface area contributed by atoms with E-state index in [4.69, 9.17) is 0 Å². The third kappa shape index (κ3) is 2.68. The highest BCUT2D eigenvalue weighted by molar-refractivity contribution is 6.09. The van der Waals surface area contributed by atoms with Crippen molar-refractivity contribution in [3.05, 3.63) is 100.0 Å². The summed E-state index contributed by atoms with van der Waals surface area (Å²) in [6.07, 6.45) is 2.07. The molecule has 28 heavy (non-hydrogen) atoms. The number of nitrogens with zero attached hydrogens (tertiary/aromatic N) is 2. The van der Waals surface area contributed by atoms with E-state index < -0.39 is 0 Å². The van der Waals surface area contributed by atoms with Crippen LogP contribution in [0.3, 0.4) is 0 Å². The fraction of sp³-hybridized carbons (Fsp3) is 0.0870. The zero-order valence-corrected chi connectivity index (χ0v) is 15.1. The predicted molar refractivity (Wildman–Crippen MR) is 109 cm³/mol. The Labute approximate surface area is 161 Å². The molecule has 5 heteroatoms. The van der Waals surface area contributed by atoms with Crippen LogP contribution in [0.5, 0.6) is 0 Å². The Morgan fingerprint density at radius 1 is 0.857 bits per heavy atom. The molecule has 0 bridgehead atoms. The number of carbonyl (C=O) groups excluding carboxylic acids is 1. The molecule has 0 atom stereocenters. The molecule has 136 valence electrons. The highest BCUT2D eigenvalue weighted by Gasteiger charge is 2.18. The normalized spacial score (nSPS) is 12.3. The number of aryl methyl sites for hydroxylation is 2. The van der Waals surface area contributed by atoms with Crippen LogP contribution < -0.4 is 10.9 Å². The standard InChI is InChI=1S/C23H17N3O2/c27-21-14-13-20(25-26(21)17-6-2-1-3-7-17)23(28)24-19-12-11-16-10-9-15-5-4-8-18(19)22(15)16/h1-8,11-14H,9-10H2,(H,24,28). The first-order chi connectivity index (χ1) is 13.7. The summed E-state index contributed by atoms with van der Waals surface area (Å²) in [6, 6.07) is 22.1. The van der Waals surface area contributed by atoms with Gasteiger partial charge in [-0.3, -0.25) is 9.59 Å². The van der Waals surface area contributed by atoms with Crippen LogP contribution in [0, 0.1) is 0 Å². The number of rotatable bonds is 3. The lowest BCUT2D eigenvalue weighted by Crippen LogP contribution is -2.24. The molecule has 5 nitrogen and oxygen atoms in total. The molecule has 1 amide bonds. The van der Waals surface area contributed by atoms with Gasteiger partial charge in [0.15, 0.2) is 0 Å². The maximum Gasteiger partial charge on any atom is 0.276 e. The highest BCUT2D eigenvalue weighted by atomic mass is 16.2. The second kappa shape index (κ2) is 6.46. The first kappa shape index (κ1) is 16.4. The summed E-state index contributed by atoms with van der Waals surface area (Å²) in [5, 5.41) is 9.50. The van der Waals surface area contributed by atoms with Crippen LogP contribution in [0.4, 0.5) is 5.69 Å². The van der Waals surface area contributed by atoms with Crippen LogP contribution in [0.25, 0.3) is 16.5 Å². The van der Waals surface area contributed by atoms with Crippen molar-refractivity contribution >= 4 is 22.4 Å². The summed E-state index contributed by atoms with van der Waals surface area (Å²) in [5.41, 5.74) is 3.91. The number of carbonyl (C=O) groups is 1. The molecular formula is C23H17N3O2. The van der Waals surface area contributed by atoms with Crippen LogP contribution >= 0.6 is 0 Å². The summed E-state index contributed by atoms with van der Waals surface area (Å²) in [4.78, 5) is 25.0. The Balaban J connectivity index is 1.52. The van der Waals surface area contributed by atoms with Gasteiger partial charge in [-0.15, -0.1) is 0 Å². The summed E-state index contributed by atoms with van der Waals surface area (Å²) < 4.78 is 1.24. The van der Waals surface area contributed by atoms with E-state index in [1.54, 1.807) is 12.1 Å². The van der Waals surface area contributed by atoms with Crippen LogP contribution in [0.1, 0.15) is 21.6 Å². The lowest BCUT2D eigenvalue weighted by molar-refractivity contribution is 0.102. The number of hydrogen-bond donors (Lipinski definition) is 1. The van der Waals surface area contributed by atoms with Gasteiger partial charge in [-0.1, -0.05) is 42.5 Å². The smallest absolute Gasteiger partial charge is 0.276 e. The molecule has 4 aromatic rings. The number of anilines is 1. The molecule has 0 spiro atoms. The van der Waals surface area contributed by atoms with Crippen molar-refractivity contribution in [2.75, 3.05) is 5.32 Å². The maximum absolute atomic E-state index is 12.8. The average molecular weight is 367 g/mol. The fourth-order valence-electron chi connectivity index (χ4n) is 3.83. The molecule has 0 unspecified atom stereocenters. The molecule has 1 heterocycles. The number of amides is 1. The Kier molecular flexibility index (Phi) is 3.79. The number of hydrogen-bond acceptors (Lipinski definition) is 3. The molecular weight excluding hydrogens is 350 g/mol. The van der Waals surface area contributed by atoms with E-state index >= 15 is 0 Å².